The Morgan fingerprint density at radius 1 is 1.24 bits per heavy atom. The van der Waals surface area contributed by atoms with E-state index in [9.17, 15) is 4.39 Å². The normalized spacial score (nSPS) is 12.3. The van der Waals surface area contributed by atoms with Crippen molar-refractivity contribution in [2.24, 2.45) is 0 Å². The molecule has 112 valence electrons. The first kappa shape index (κ1) is 16.0. The van der Waals surface area contributed by atoms with Gasteiger partial charge in [-0.3, -0.25) is 4.98 Å². The summed E-state index contributed by atoms with van der Waals surface area (Å²) < 4.78 is 13.9. The van der Waals surface area contributed by atoms with E-state index in [1.54, 1.807) is 24.0 Å². The highest BCUT2D eigenvalue weighted by Gasteiger charge is 2.15. The molecular weight excluding hydrogens is 283 g/mol. The van der Waals surface area contributed by atoms with Gasteiger partial charge in [-0.05, 0) is 38.1 Å². The van der Waals surface area contributed by atoms with Crippen LogP contribution in [0.15, 0.2) is 47.6 Å². The first-order valence-electron chi connectivity index (χ1n) is 7.23. The Bertz CT molecular complexity index is 557. The summed E-state index contributed by atoms with van der Waals surface area (Å²) in [6.45, 7) is 5.06. The van der Waals surface area contributed by atoms with Crippen molar-refractivity contribution in [3.05, 3.63) is 59.7 Å². The molecule has 1 aromatic heterocycles. The van der Waals surface area contributed by atoms with E-state index >= 15 is 0 Å². The van der Waals surface area contributed by atoms with Crippen LogP contribution in [0.1, 0.15) is 30.5 Å². The van der Waals surface area contributed by atoms with Crippen LogP contribution in [0.3, 0.4) is 0 Å². The van der Waals surface area contributed by atoms with Crippen LogP contribution in [0.5, 0.6) is 0 Å². The van der Waals surface area contributed by atoms with E-state index in [4.69, 9.17) is 0 Å². The van der Waals surface area contributed by atoms with Gasteiger partial charge in [0.25, 0.3) is 0 Å². The van der Waals surface area contributed by atoms with Crippen LogP contribution in [0, 0.1) is 12.7 Å². The molecule has 0 saturated heterocycles. The van der Waals surface area contributed by atoms with E-state index in [2.05, 4.69) is 48.4 Å². The standard InChI is InChI=1S/C17H21FN2S/c1-3-9-20-17(15-8-10-19-11-16(15)18)12-21-14-6-4-13(2)5-7-14/h4-8,10-11,17,20H,3,9,12H2,1-2H3. The lowest BCUT2D eigenvalue weighted by molar-refractivity contribution is 0.529. The number of rotatable bonds is 7. The second-order valence-corrected chi connectivity index (χ2v) is 6.12. The van der Waals surface area contributed by atoms with Crippen molar-refractivity contribution in [3.8, 4) is 0 Å². The molecule has 2 nitrogen and oxygen atoms in total. The number of halogens is 1. The lowest BCUT2D eigenvalue weighted by atomic mass is 10.1. The molecule has 0 radical (unpaired) electrons. The van der Waals surface area contributed by atoms with E-state index in [0.29, 0.717) is 5.56 Å². The number of aryl methyl sites for hydroxylation is 1. The summed E-state index contributed by atoms with van der Waals surface area (Å²) in [5.74, 6) is 0.555. The minimum atomic E-state index is -0.240. The number of nitrogens with zero attached hydrogens (tertiary/aromatic N) is 1. The Balaban J connectivity index is 2.06. The summed E-state index contributed by atoms with van der Waals surface area (Å²) >= 11 is 1.74. The summed E-state index contributed by atoms with van der Waals surface area (Å²) in [6.07, 6.45) is 3.96. The third-order valence-electron chi connectivity index (χ3n) is 3.26. The molecule has 4 heteroatoms. The van der Waals surface area contributed by atoms with E-state index in [1.165, 1.54) is 16.7 Å². The van der Waals surface area contributed by atoms with E-state index in [-0.39, 0.29) is 11.9 Å². The van der Waals surface area contributed by atoms with Crippen LogP contribution in [0.2, 0.25) is 0 Å². The Morgan fingerprint density at radius 3 is 2.67 bits per heavy atom. The number of pyridine rings is 1. The lowest BCUT2D eigenvalue weighted by Crippen LogP contribution is -2.25. The van der Waals surface area contributed by atoms with Crippen LogP contribution < -0.4 is 5.32 Å². The highest BCUT2D eigenvalue weighted by molar-refractivity contribution is 7.99. The number of hydrogen-bond acceptors (Lipinski definition) is 3. The Morgan fingerprint density at radius 2 is 2.00 bits per heavy atom. The van der Waals surface area contributed by atoms with Crippen molar-refractivity contribution >= 4 is 11.8 Å². The van der Waals surface area contributed by atoms with Crippen molar-refractivity contribution < 1.29 is 4.39 Å². The molecule has 1 aromatic carbocycles. The minimum absolute atomic E-state index is 0.000692. The Hall–Kier alpha value is -1.39. The molecule has 0 fully saturated rings. The van der Waals surface area contributed by atoms with Crippen molar-refractivity contribution in [2.75, 3.05) is 12.3 Å². The SMILES string of the molecule is CCCNC(CSc1ccc(C)cc1)c1ccncc1F. The minimum Gasteiger partial charge on any atom is -0.309 e. The zero-order valence-corrected chi connectivity index (χ0v) is 13.3. The second-order valence-electron chi connectivity index (χ2n) is 5.03. The van der Waals surface area contributed by atoms with Gasteiger partial charge in [0.1, 0.15) is 5.82 Å². The Kier molecular flexibility index (Phi) is 6.21. The molecule has 1 atom stereocenters. The van der Waals surface area contributed by atoms with Gasteiger partial charge in [-0.1, -0.05) is 24.6 Å². The molecule has 21 heavy (non-hydrogen) atoms. The lowest BCUT2D eigenvalue weighted by Gasteiger charge is -2.19. The zero-order valence-electron chi connectivity index (χ0n) is 12.5. The van der Waals surface area contributed by atoms with Gasteiger partial charge in [0.2, 0.25) is 0 Å². The Labute approximate surface area is 130 Å². The van der Waals surface area contributed by atoms with Crippen LogP contribution in [-0.4, -0.2) is 17.3 Å². The summed E-state index contributed by atoms with van der Waals surface area (Å²) in [6, 6.07) is 10.2. The maximum Gasteiger partial charge on any atom is 0.146 e. The van der Waals surface area contributed by atoms with Crippen molar-refractivity contribution in [1.29, 1.82) is 0 Å². The molecule has 0 aliphatic heterocycles. The highest BCUT2D eigenvalue weighted by Crippen LogP contribution is 2.26. The van der Waals surface area contributed by atoms with Gasteiger partial charge < -0.3 is 5.32 Å². The monoisotopic (exact) mass is 304 g/mol. The van der Waals surface area contributed by atoms with Crippen molar-refractivity contribution in [2.45, 2.75) is 31.2 Å². The molecule has 0 aliphatic rings. The largest absolute Gasteiger partial charge is 0.309 e. The quantitative estimate of drug-likeness (QED) is 0.769. The average Bonchev–Trinajstić information content (AvgIpc) is 2.50. The van der Waals surface area contributed by atoms with Crippen LogP contribution in [-0.2, 0) is 0 Å². The molecular formula is C17H21FN2S. The molecule has 1 unspecified atom stereocenters. The number of aromatic nitrogens is 1. The summed E-state index contributed by atoms with van der Waals surface area (Å²) in [4.78, 5) is 5.03. The number of benzene rings is 1. The molecule has 0 amide bonds. The van der Waals surface area contributed by atoms with Gasteiger partial charge in [-0.2, -0.15) is 0 Å². The van der Waals surface area contributed by atoms with Crippen LogP contribution in [0.25, 0.3) is 0 Å². The molecule has 0 bridgehead atoms. The first-order chi connectivity index (χ1) is 10.2. The van der Waals surface area contributed by atoms with Gasteiger partial charge >= 0.3 is 0 Å². The fourth-order valence-corrected chi connectivity index (χ4v) is 3.04. The molecule has 0 aliphatic carbocycles. The fourth-order valence-electron chi connectivity index (χ4n) is 2.06. The van der Waals surface area contributed by atoms with Crippen LogP contribution >= 0.6 is 11.8 Å². The molecule has 2 rings (SSSR count). The van der Waals surface area contributed by atoms with Crippen molar-refractivity contribution in [1.82, 2.24) is 10.3 Å². The van der Waals surface area contributed by atoms with E-state index in [1.807, 2.05) is 0 Å². The van der Waals surface area contributed by atoms with Gasteiger partial charge in [0.05, 0.1) is 6.20 Å². The molecule has 1 heterocycles. The van der Waals surface area contributed by atoms with Crippen molar-refractivity contribution in [3.63, 3.8) is 0 Å². The predicted molar refractivity (Wildman–Crippen MR) is 87.1 cm³/mol. The molecule has 0 saturated carbocycles. The predicted octanol–water partition coefficient (Wildman–Crippen LogP) is 4.36. The summed E-state index contributed by atoms with van der Waals surface area (Å²) in [5.41, 5.74) is 1.94. The van der Waals surface area contributed by atoms with Gasteiger partial charge in [-0.25, -0.2) is 4.39 Å². The topological polar surface area (TPSA) is 24.9 Å². The third-order valence-corrected chi connectivity index (χ3v) is 4.36. The second kappa shape index (κ2) is 8.15. The maximum absolute atomic E-state index is 13.9. The smallest absolute Gasteiger partial charge is 0.146 e. The summed E-state index contributed by atoms with van der Waals surface area (Å²) in [7, 11) is 0. The summed E-state index contributed by atoms with van der Waals surface area (Å²) in [5, 5.41) is 3.42. The molecule has 0 spiro atoms. The van der Waals surface area contributed by atoms with E-state index < -0.39 is 0 Å². The third kappa shape index (κ3) is 4.83. The number of thioether (sulfide) groups is 1. The van der Waals surface area contributed by atoms with Crippen LogP contribution in [0.4, 0.5) is 4.39 Å². The molecule has 2 aromatic rings. The van der Waals surface area contributed by atoms with Gasteiger partial charge in [0, 0.05) is 28.5 Å². The highest BCUT2D eigenvalue weighted by atomic mass is 32.2. The average molecular weight is 304 g/mol. The number of hydrogen-bond donors (Lipinski definition) is 1. The molecule has 1 N–H and O–H groups in total. The zero-order chi connectivity index (χ0) is 15.1. The first-order valence-corrected chi connectivity index (χ1v) is 8.21. The van der Waals surface area contributed by atoms with E-state index in [0.717, 1.165) is 18.7 Å². The fraction of sp³-hybridized carbons (Fsp3) is 0.353. The number of nitrogens with one attached hydrogen (secondary N) is 1. The van der Waals surface area contributed by atoms with Gasteiger partial charge in [0.15, 0.2) is 0 Å². The maximum atomic E-state index is 13.9. The van der Waals surface area contributed by atoms with Gasteiger partial charge in [-0.15, -0.1) is 11.8 Å².